The molecule has 8 heteroatoms. The fourth-order valence-electron chi connectivity index (χ4n) is 7.13. The maximum absolute atomic E-state index is 13.8. The predicted octanol–water partition coefficient (Wildman–Crippen LogP) is 7.05. The van der Waals surface area contributed by atoms with Crippen molar-refractivity contribution in [2.75, 3.05) is 13.2 Å². The van der Waals surface area contributed by atoms with Gasteiger partial charge < -0.3 is 24.6 Å². The number of aromatic amines is 2. The van der Waals surface area contributed by atoms with E-state index in [1.807, 2.05) is 6.07 Å². The summed E-state index contributed by atoms with van der Waals surface area (Å²) in [6, 6.07) is 31.3. The first-order chi connectivity index (χ1) is 23.2. The molecule has 0 saturated carbocycles. The van der Waals surface area contributed by atoms with Gasteiger partial charge in [-0.15, -0.1) is 10.2 Å². The van der Waals surface area contributed by atoms with Gasteiger partial charge in [-0.25, -0.2) is 0 Å². The molecule has 236 valence electrons. The van der Waals surface area contributed by atoms with Crippen LogP contribution in [0.1, 0.15) is 47.2 Å². The third kappa shape index (κ3) is 5.92. The second-order valence-electron chi connectivity index (χ2n) is 12.6. The van der Waals surface area contributed by atoms with Gasteiger partial charge in [-0.3, -0.25) is 4.79 Å². The largest absolute Gasteiger partial charge is 0.381 e. The molecule has 3 N–H and O–H groups in total. The Balaban J connectivity index is 1.19. The number of hydrogen-bond acceptors (Lipinski definition) is 4. The molecular weight excluding hydrogens is 584 g/mol. The number of carbonyl (C=O) groups excluding carboxylic acids is 1. The number of para-hydroxylation sites is 2. The Morgan fingerprint density at radius 2 is 1.43 bits per heavy atom. The number of fused-ring (bicyclic) bond motifs is 3. The zero-order valence-corrected chi connectivity index (χ0v) is 26.3. The summed E-state index contributed by atoms with van der Waals surface area (Å²) < 4.78 is 7.82. The zero-order valence-electron chi connectivity index (χ0n) is 26.3. The van der Waals surface area contributed by atoms with Crippen molar-refractivity contribution in [2.45, 2.75) is 44.7 Å². The molecule has 1 saturated heterocycles. The van der Waals surface area contributed by atoms with E-state index in [0.717, 1.165) is 52.9 Å². The van der Waals surface area contributed by atoms with Gasteiger partial charge in [-0.1, -0.05) is 78.9 Å². The quantitative estimate of drug-likeness (QED) is 0.152. The maximum Gasteiger partial charge on any atom is 0.223 e. The molecule has 0 unspecified atom stereocenters. The lowest BCUT2D eigenvalue weighted by Gasteiger charge is -2.25. The molecule has 3 aromatic heterocycles. The highest BCUT2D eigenvalue weighted by Crippen LogP contribution is 2.28. The highest BCUT2D eigenvalue weighted by atomic mass is 16.5. The number of amides is 1. The molecule has 47 heavy (non-hydrogen) atoms. The molecule has 7 aromatic rings. The molecule has 1 atom stereocenters. The number of hydrogen-bond donors (Lipinski definition) is 3. The summed E-state index contributed by atoms with van der Waals surface area (Å²) in [6.45, 7) is 1.82. The Kier molecular flexibility index (Phi) is 8.01. The summed E-state index contributed by atoms with van der Waals surface area (Å²) >= 11 is 0. The second kappa shape index (κ2) is 12.9. The van der Waals surface area contributed by atoms with E-state index in [1.54, 1.807) is 0 Å². The van der Waals surface area contributed by atoms with Crippen molar-refractivity contribution in [3.05, 3.63) is 132 Å². The van der Waals surface area contributed by atoms with Crippen molar-refractivity contribution in [3.8, 4) is 0 Å². The van der Waals surface area contributed by atoms with Crippen molar-refractivity contribution in [3.63, 3.8) is 0 Å². The minimum Gasteiger partial charge on any atom is -0.381 e. The van der Waals surface area contributed by atoms with Gasteiger partial charge in [0.15, 0.2) is 5.82 Å². The van der Waals surface area contributed by atoms with Crippen LogP contribution >= 0.6 is 0 Å². The van der Waals surface area contributed by atoms with E-state index < -0.39 is 0 Å². The molecule has 1 fully saturated rings. The van der Waals surface area contributed by atoms with E-state index in [1.165, 1.54) is 27.3 Å². The van der Waals surface area contributed by atoms with Crippen molar-refractivity contribution in [1.29, 1.82) is 0 Å². The zero-order chi connectivity index (χ0) is 31.6. The fraction of sp³-hybridized carbons (Fsp3) is 0.256. The summed E-state index contributed by atoms with van der Waals surface area (Å²) in [5, 5.41) is 17.9. The van der Waals surface area contributed by atoms with E-state index >= 15 is 0 Å². The number of carbonyl (C=O) groups is 1. The normalized spacial score (nSPS) is 14.6. The first kappa shape index (κ1) is 29.2. The van der Waals surface area contributed by atoms with Crippen LogP contribution in [-0.4, -0.2) is 43.9 Å². The Bertz CT molecular complexity index is 2160. The Labute approximate surface area is 273 Å². The molecule has 4 heterocycles. The molecule has 8 nitrogen and oxygen atoms in total. The summed E-state index contributed by atoms with van der Waals surface area (Å²) in [4.78, 5) is 20.6. The molecule has 1 aliphatic rings. The van der Waals surface area contributed by atoms with E-state index in [9.17, 15) is 4.79 Å². The van der Waals surface area contributed by atoms with E-state index in [2.05, 4.69) is 117 Å². The highest BCUT2D eigenvalue weighted by molar-refractivity contribution is 5.86. The highest BCUT2D eigenvalue weighted by Gasteiger charge is 2.29. The molecule has 8 rings (SSSR count). The maximum atomic E-state index is 13.8. The summed E-state index contributed by atoms with van der Waals surface area (Å²) in [5.74, 6) is 1.66. The first-order valence-corrected chi connectivity index (χ1v) is 16.6. The number of aromatic nitrogens is 5. The Hall–Kier alpha value is -5.21. The monoisotopic (exact) mass is 622 g/mol. The smallest absolute Gasteiger partial charge is 0.223 e. The Morgan fingerprint density at radius 1 is 0.766 bits per heavy atom. The van der Waals surface area contributed by atoms with Crippen LogP contribution in [0.4, 0.5) is 0 Å². The van der Waals surface area contributed by atoms with Gasteiger partial charge in [0.05, 0.1) is 12.6 Å². The van der Waals surface area contributed by atoms with Crippen LogP contribution < -0.4 is 5.32 Å². The van der Waals surface area contributed by atoms with Crippen LogP contribution in [0.15, 0.2) is 103 Å². The van der Waals surface area contributed by atoms with Crippen molar-refractivity contribution in [1.82, 2.24) is 30.0 Å². The van der Waals surface area contributed by atoms with Crippen LogP contribution in [0.25, 0.3) is 32.6 Å². The van der Waals surface area contributed by atoms with Gasteiger partial charge in [0, 0.05) is 66.2 Å². The van der Waals surface area contributed by atoms with Gasteiger partial charge in [-0.2, -0.15) is 0 Å². The average Bonchev–Trinajstić information content (AvgIpc) is 3.85. The minimum absolute atomic E-state index is 0.0539. The van der Waals surface area contributed by atoms with Crippen LogP contribution in [0.3, 0.4) is 0 Å². The summed E-state index contributed by atoms with van der Waals surface area (Å²) in [6.07, 6.45) is 7.74. The fourth-order valence-corrected chi connectivity index (χ4v) is 7.13. The molecule has 0 spiro atoms. The molecular formula is C39H38N6O2. The van der Waals surface area contributed by atoms with Crippen LogP contribution in [-0.2, 0) is 35.3 Å². The van der Waals surface area contributed by atoms with Crippen LogP contribution in [0.5, 0.6) is 0 Å². The van der Waals surface area contributed by atoms with Crippen molar-refractivity contribution in [2.24, 2.45) is 5.92 Å². The lowest BCUT2D eigenvalue weighted by Crippen LogP contribution is -2.38. The number of nitrogens with one attached hydrogen (secondary N) is 3. The molecule has 4 aromatic carbocycles. The SMILES string of the molecule is O=C(N[C@H](Cc1c[nH]c2ccccc12)c1nnc(CCc2c[nH]c3ccccc23)n1Cc1cccc2ccccc12)C1CCOCC1. The first-order valence-electron chi connectivity index (χ1n) is 16.6. The third-order valence-electron chi connectivity index (χ3n) is 9.68. The number of ether oxygens (including phenoxy) is 1. The van der Waals surface area contributed by atoms with E-state index in [-0.39, 0.29) is 17.9 Å². The molecule has 1 aliphatic heterocycles. The predicted molar refractivity (Wildman–Crippen MR) is 185 cm³/mol. The number of H-pyrrole nitrogens is 2. The average molecular weight is 623 g/mol. The van der Waals surface area contributed by atoms with Gasteiger partial charge in [0.25, 0.3) is 0 Å². The number of rotatable bonds is 10. The topological polar surface area (TPSA) is 101 Å². The lowest BCUT2D eigenvalue weighted by molar-refractivity contribution is -0.128. The van der Waals surface area contributed by atoms with Gasteiger partial charge >= 0.3 is 0 Å². The van der Waals surface area contributed by atoms with Crippen molar-refractivity contribution < 1.29 is 9.53 Å². The Morgan fingerprint density at radius 3 is 2.21 bits per heavy atom. The van der Waals surface area contributed by atoms with Crippen molar-refractivity contribution >= 4 is 38.5 Å². The molecule has 1 amide bonds. The number of aryl methyl sites for hydroxylation is 2. The molecule has 0 bridgehead atoms. The van der Waals surface area contributed by atoms with E-state index in [0.29, 0.717) is 32.6 Å². The van der Waals surface area contributed by atoms with Gasteiger partial charge in [-0.05, 0) is 58.9 Å². The third-order valence-corrected chi connectivity index (χ3v) is 9.68. The van der Waals surface area contributed by atoms with Gasteiger partial charge in [0.2, 0.25) is 5.91 Å². The second-order valence-corrected chi connectivity index (χ2v) is 12.6. The molecule has 0 radical (unpaired) electrons. The van der Waals surface area contributed by atoms with E-state index in [4.69, 9.17) is 14.9 Å². The summed E-state index contributed by atoms with van der Waals surface area (Å²) in [5.41, 5.74) is 5.80. The van der Waals surface area contributed by atoms with Crippen LogP contribution in [0, 0.1) is 5.92 Å². The lowest BCUT2D eigenvalue weighted by atomic mass is 9.97. The minimum atomic E-state index is -0.367. The van der Waals surface area contributed by atoms with Gasteiger partial charge in [0.1, 0.15) is 5.82 Å². The molecule has 0 aliphatic carbocycles. The standard InChI is InChI=1S/C39H38N6O2/c46-39(27-18-20-47-21-19-27)42-36(22-30-24-41-35-15-6-4-13-33(30)35)38-44-43-37(17-16-28-23-40-34-14-5-3-12-32(28)34)45(38)25-29-10-7-9-26-8-1-2-11-31(26)29/h1-15,23-24,27,36,40-41H,16-22,25H2,(H,42,46)/t36-/m1/s1. The number of nitrogens with zero attached hydrogens (tertiary/aromatic N) is 3. The van der Waals surface area contributed by atoms with Crippen LogP contribution in [0.2, 0.25) is 0 Å². The summed E-state index contributed by atoms with van der Waals surface area (Å²) in [7, 11) is 0. The number of benzene rings is 4.